The maximum absolute atomic E-state index is 5.61. The first-order chi connectivity index (χ1) is 9.29. The molecule has 0 saturated carbocycles. The highest BCUT2D eigenvalue weighted by molar-refractivity contribution is 5.56. The number of fused-ring (bicyclic) bond motifs is 1. The van der Waals surface area contributed by atoms with Crippen molar-refractivity contribution in [3.8, 4) is 0 Å². The molecule has 0 aliphatic carbocycles. The van der Waals surface area contributed by atoms with E-state index in [-0.39, 0.29) is 6.10 Å². The monoisotopic (exact) mass is 260 g/mol. The zero-order valence-corrected chi connectivity index (χ0v) is 11.5. The summed E-state index contributed by atoms with van der Waals surface area (Å²) in [5, 5.41) is 3.23. The van der Waals surface area contributed by atoms with Crippen LogP contribution in [0.5, 0.6) is 0 Å². The van der Waals surface area contributed by atoms with Crippen LogP contribution in [0.15, 0.2) is 24.4 Å². The predicted molar refractivity (Wildman–Crippen MR) is 75.6 cm³/mol. The molecule has 5 nitrogen and oxygen atoms in total. The Kier molecular flexibility index (Phi) is 3.40. The number of nitrogens with zero attached hydrogens (tertiary/aromatic N) is 3. The number of imidazole rings is 1. The van der Waals surface area contributed by atoms with Gasteiger partial charge in [-0.1, -0.05) is 6.07 Å². The Hall–Kier alpha value is -1.59. The van der Waals surface area contributed by atoms with Gasteiger partial charge in [-0.2, -0.15) is 0 Å². The molecule has 3 rings (SSSR count). The smallest absolute Gasteiger partial charge is 0.152 e. The second-order valence-electron chi connectivity index (χ2n) is 4.97. The van der Waals surface area contributed by atoms with Gasteiger partial charge in [0.25, 0.3) is 0 Å². The minimum Gasteiger partial charge on any atom is -0.375 e. The molecule has 1 atom stereocenters. The molecule has 0 spiro atoms. The highest BCUT2D eigenvalue weighted by Crippen LogP contribution is 2.23. The first kappa shape index (κ1) is 12.4. The van der Waals surface area contributed by atoms with Crippen molar-refractivity contribution in [2.75, 3.05) is 31.6 Å². The largest absolute Gasteiger partial charge is 0.375 e. The van der Waals surface area contributed by atoms with Gasteiger partial charge in [0, 0.05) is 25.8 Å². The van der Waals surface area contributed by atoms with E-state index in [1.165, 1.54) is 5.69 Å². The lowest BCUT2D eigenvalue weighted by Crippen LogP contribution is -2.41. The van der Waals surface area contributed by atoms with E-state index >= 15 is 0 Å². The summed E-state index contributed by atoms with van der Waals surface area (Å²) >= 11 is 0. The van der Waals surface area contributed by atoms with Gasteiger partial charge < -0.3 is 19.4 Å². The first-order valence-corrected chi connectivity index (χ1v) is 6.76. The molecule has 3 heterocycles. The average Bonchev–Trinajstić information content (AvgIpc) is 2.79. The zero-order chi connectivity index (χ0) is 13.2. The van der Waals surface area contributed by atoms with Crippen LogP contribution in [-0.4, -0.2) is 42.2 Å². The van der Waals surface area contributed by atoms with Gasteiger partial charge >= 0.3 is 0 Å². The van der Waals surface area contributed by atoms with Crippen molar-refractivity contribution in [2.45, 2.75) is 19.6 Å². The lowest BCUT2D eigenvalue weighted by Gasteiger charge is -2.32. The van der Waals surface area contributed by atoms with Crippen molar-refractivity contribution in [1.82, 2.24) is 14.7 Å². The van der Waals surface area contributed by atoms with Crippen molar-refractivity contribution in [2.24, 2.45) is 0 Å². The number of nitrogens with one attached hydrogen (secondary N) is 1. The number of pyridine rings is 1. The summed E-state index contributed by atoms with van der Waals surface area (Å²) in [6.45, 7) is 5.51. The Morgan fingerprint density at radius 2 is 2.37 bits per heavy atom. The van der Waals surface area contributed by atoms with Gasteiger partial charge in [0.2, 0.25) is 0 Å². The molecule has 1 saturated heterocycles. The van der Waals surface area contributed by atoms with Crippen LogP contribution in [0.1, 0.15) is 12.6 Å². The summed E-state index contributed by atoms with van der Waals surface area (Å²) in [4.78, 5) is 7.11. The lowest BCUT2D eigenvalue weighted by molar-refractivity contribution is 0.0529. The van der Waals surface area contributed by atoms with Crippen LogP contribution in [0, 0.1) is 0 Å². The van der Waals surface area contributed by atoms with Crippen LogP contribution in [0.2, 0.25) is 0 Å². The number of hydrogen-bond acceptors (Lipinski definition) is 4. The molecule has 5 heteroatoms. The molecule has 2 aromatic heterocycles. The van der Waals surface area contributed by atoms with E-state index in [9.17, 15) is 0 Å². The van der Waals surface area contributed by atoms with Crippen molar-refractivity contribution in [3.05, 3.63) is 30.1 Å². The van der Waals surface area contributed by atoms with Gasteiger partial charge in [-0.25, -0.2) is 4.98 Å². The number of aromatic nitrogens is 2. The Labute approximate surface area is 113 Å². The highest BCUT2D eigenvalue weighted by atomic mass is 16.5. The van der Waals surface area contributed by atoms with Crippen LogP contribution in [0.3, 0.4) is 0 Å². The molecule has 0 radical (unpaired) electrons. The van der Waals surface area contributed by atoms with Crippen molar-refractivity contribution in [3.63, 3.8) is 0 Å². The van der Waals surface area contributed by atoms with E-state index in [2.05, 4.69) is 27.7 Å². The fourth-order valence-corrected chi connectivity index (χ4v) is 2.63. The Morgan fingerprint density at radius 3 is 3.16 bits per heavy atom. The van der Waals surface area contributed by atoms with E-state index in [1.54, 1.807) is 0 Å². The van der Waals surface area contributed by atoms with Gasteiger partial charge in [-0.05, 0) is 26.1 Å². The second-order valence-corrected chi connectivity index (χ2v) is 4.97. The summed E-state index contributed by atoms with van der Waals surface area (Å²) < 4.78 is 7.77. The molecule has 1 N–H and O–H groups in total. The van der Waals surface area contributed by atoms with Crippen molar-refractivity contribution < 1.29 is 4.74 Å². The SMILES string of the molecule is CNCc1c(N2CCOC(C)C2)nc2ccccn12. The Balaban J connectivity index is 2.03. The molecule has 1 aliphatic heterocycles. The molecule has 19 heavy (non-hydrogen) atoms. The van der Waals surface area contributed by atoms with Gasteiger partial charge in [0.15, 0.2) is 5.82 Å². The molecule has 0 aromatic carbocycles. The van der Waals surface area contributed by atoms with E-state index in [0.29, 0.717) is 0 Å². The minimum absolute atomic E-state index is 0.265. The highest BCUT2D eigenvalue weighted by Gasteiger charge is 2.22. The normalized spacial score (nSPS) is 20.1. The maximum Gasteiger partial charge on any atom is 0.152 e. The van der Waals surface area contributed by atoms with Crippen LogP contribution >= 0.6 is 0 Å². The molecular formula is C14H20N4O. The third-order valence-corrected chi connectivity index (χ3v) is 3.49. The molecule has 0 bridgehead atoms. The van der Waals surface area contributed by atoms with Crippen LogP contribution < -0.4 is 10.2 Å². The quantitative estimate of drug-likeness (QED) is 0.902. The Bertz CT molecular complexity index is 566. The van der Waals surface area contributed by atoms with E-state index in [1.807, 2.05) is 25.2 Å². The molecule has 1 fully saturated rings. The van der Waals surface area contributed by atoms with Crippen molar-refractivity contribution >= 4 is 11.5 Å². The second kappa shape index (κ2) is 5.19. The average molecular weight is 260 g/mol. The summed E-state index contributed by atoms with van der Waals surface area (Å²) in [7, 11) is 1.97. The van der Waals surface area contributed by atoms with Crippen molar-refractivity contribution in [1.29, 1.82) is 0 Å². The molecule has 1 unspecified atom stereocenters. The molecule has 0 amide bonds. The van der Waals surface area contributed by atoms with Crippen LogP contribution in [-0.2, 0) is 11.3 Å². The molecular weight excluding hydrogens is 240 g/mol. The number of anilines is 1. The third-order valence-electron chi connectivity index (χ3n) is 3.49. The number of rotatable bonds is 3. The molecule has 102 valence electrons. The summed E-state index contributed by atoms with van der Waals surface area (Å²) in [6, 6.07) is 6.11. The summed E-state index contributed by atoms with van der Waals surface area (Å²) in [5.41, 5.74) is 2.22. The van der Waals surface area contributed by atoms with Crippen LogP contribution in [0.25, 0.3) is 5.65 Å². The van der Waals surface area contributed by atoms with Gasteiger partial charge in [-0.3, -0.25) is 0 Å². The third kappa shape index (κ3) is 2.31. The van der Waals surface area contributed by atoms with E-state index < -0.39 is 0 Å². The van der Waals surface area contributed by atoms with E-state index in [4.69, 9.17) is 9.72 Å². The van der Waals surface area contributed by atoms with Gasteiger partial charge in [0.1, 0.15) is 5.65 Å². The topological polar surface area (TPSA) is 41.8 Å². The van der Waals surface area contributed by atoms with Gasteiger partial charge in [-0.15, -0.1) is 0 Å². The van der Waals surface area contributed by atoms with E-state index in [0.717, 1.165) is 37.7 Å². The number of morpholine rings is 1. The number of ether oxygens (including phenoxy) is 1. The fourth-order valence-electron chi connectivity index (χ4n) is 2.63. The first-order valence-electron chi connectivity index (χ1n) is 6.76. The maximum atomic E-state index is 5.61. The summed E-state index contributed by atoms with van der Waals surface area (Å²) in [6.07, 6.45) is 2.34. The standard InChI is InChI=1S/C14H20N4O/c1-11-10-17(7-8-19-11)14-12(9-15-2)18-6-4-3-5-13(18)16-14/h3-6,11,15H,7-10H2,1-2H3. The Morgan fingerprint density at radius 1 is 1.47 bits per heavy atom. The lowest BCUT2D eigenvalue weighted by atomic mass is 10.3. The molecule has 2 aromatic rings. The van der Waals surface area contributed by atoms with Gasteiger partial charge in [0.05, 0.1) is 18.4 Å². The predicted octanol–water partition coefficient (Wildman–Crippen LogP) is 1.28. The summed E-state index contributed by atoms with van der Waals surface area (Å²) in [5.74, 6) is 1.08. The van der Waals surface area contributed by atoms with Crippen LogP contribution in [0.4, 0.5) is 5.82 Å². The fraction of sp³-hybridized carbons (Fsp3) is 0.500. The zero-order valence-electron chi connectivity index (χ0n) is 11.5. The number of hydrogen-bond donors (Lipinski definition) is 1. The minimum atomic E-state index is 0.265. The molecule has 1 aliphatic rings.